The summed E-state index contributed by atoms with van der Waals surface area (Å²) < 4.78 is 13.5. The van der Waals surface area contributed by atoms with E-state index in [1.165, 1.54) is 18.2 Å². The smallest absolute Gasteiger partial charge is 0.254 e. The van der Waals surface area contributed by atoms with Gasteiger partial charge in [0, 0.05) is 12.1 Å². The topological polar surface area (TPSA) is 87.7 Å². The first-order valence-electron chi connectivity index (χ1n) is 6.21. The van der Waals surface area contributed by atoms with Gasteiger partial charge in [0.25, 0.3) is 5.91 Å². The summed E-state index contributed by atoms with van der Waals surface area (Å²) in [7, 11) is 0. The van der Waals surface area contributed by atoms with Gasteiger partial charge in [0.2, 0.25) is 0 Å². The molecule has 0 bridgehead atoms. The number of benzene rings is 2. The Morgan fingerprint density at radius 3 is 2.71 bits per heavy atom. The molecule has 0 spiro atoms. The first-order chi connectivity index (χ1) is 10.1. The Kier molecular flexibility index (Phi) is 4.50. The number of hydrogen-bond acceptors (Lipinski definition) is 3. The van der Waals surface area contributed by atoms with Gasteiger partial charge in [-0.05, 0) is 23.8 Å². The number of amides is 1. The summed E-state index contributed by atoms with van der Waals surface area (Å²) in [5.74, 6) is -1.08. The van der Waals surface area contributed by atoms with Gasteiger partial charge in [0.15, 0.2) is 5.84 Å². The van der Waals surface area contributed by atoms with Gasteiger partial charge < -0.3 is 16.3 Å². The van der Waals surface area contributed by atoms with E-state index in [-0.39, 0.29) is 17.9 Å². The molecule has 2 aromatic rings. The Balaban J connectivity index is 2.07. The molecular formula is C15H14FN3O2. The second kappa shape index (κ2) is 6.51. The number of nitrogens with zero attached hydrogens (tertiary/aromatic N) is 1. The van der Waals surface area contributed by atoms with Crippen LogP contribution in [-0.4, -0.2) is 17.0 Å². The summed E-state index contributed by atoms with van der Waals surface area (Å²) in [6.07, 6.45) is 0. The molecule has 5 nitrogen and oxygen atoms in total. The van der Waals surface area contributed by atoms with Crippen molar-refractivity contribution in [2.45, 2.75) is 6.54 Å². The predicted octanol–water partition coefficient (Wildman–Crippen LogP) is 1.85. The predicted molar refractivity (Wildman–Crippen MR) is 76.5 cm³/mol. The molecule has 0 heterocycles. The fourth-order valence-corrected chi connectivity index (χ4v) is 1.82. The van der Waals surface area contributed by atoms with Crippen molar-refractivity contribution in [3.8, 4) is 0 Å². The van der Waals surface area contributed by atoms with E-state index in [4.69, 9.17) is 10.9 Å². The molecule has 6 heteroatoms. The van der Waals surface area contributed by atoms with E-state index in [0.29, 0.717) is 5.56 Å². The standard InChI is InChI=1S/C15H14FN3O2/c16-13-7-2-1-6-12(13)15(20)18-9-10-4-3-5-11(8-10)14(17)19-21/h1-8,21H,9H2,(H2,17,19)(H,18,20). The van der Waals surface area contributed by atoms with Crippen molar-refractivity contribution < 1.29 is 14.4 Å². The largest absolute Gasteiger partial charge is 0.409 e. The summed E-state index contributed by atoms with van der Waals surface area (Å²) in [6, 6.07) is 12.6. The van der Waals surface area contributed by atoms with Crippen LogP contribution in [0.5, 0.6) is 0 Å². The molecule has 0 aliphatic rings. The van der Waals surface area contributed by atoms with E-state index in [0.717, 1.165) is 5.56 Å². The van der Waals surface area contributed by atoms with Gasteiger partial charge >= 0.3 is 0 Å². The van der Waals surface area contributed by atoms with Crippen molar-refractivity contribution >= 4 is 11.7 Å². The second-order valence-corrected chi connectivity index (χ2v) is 4.35. The molecule has 1 amide bonds. The Hall–Kier alpha value is -2.89. The van der Waals surface area contributed by atoms with Crippen LogP contribution in [0.4, 0.5) is 4.39 Å². The van der Waals surface area contributed by atoms with Crippen LogP contribution in [0.2, 0.25) is 0 Å². The lowest BCUT2D eigenvalue weighted by atomic mass is 10.1. The number of halogens is 1. The third-order valence-corrected chi connectivity index (χ3v) is 2.90. The van der Waals surface area contributed by atoms with Crippen LogP contribution in [0.15, 0.2) is 53.7 Å². The van der Waals surface area contributed by atoms with Gasteiger partial charge in [0.1, 0.15) is 5.82 Å². The van der Waals surface area contributed by atoms with Crippen molar-refractivity contribution in [1.29, 1.82) is 0 Å². The van der Waals surface area contributed by atoms with Crippen LogP contribution in [0.3, 0.4) is 0 Å². The van der Waals surface area contributed by atoms with Gasteiger partial charge in [-0.25, -0.2) is 4.39 Å². The second-order valence-electron chi connectivity index (χ2n) is 4.35. The van der Waals surface area contributed by atoms with Gasteiger partial charge in [-0.3, -0.25) is 4.79 Å². The highest BCUT2D eigenvalue weighted by Gasteiger charge is 2.10. The summed E-state index contributed by atoms with van der Waals surface area (Å²) in [5, 5.41) is 14.2. The monoisotopic (exact) mass is 287 g/mol. The van der Waals surface area contributed by atoms with E-state index >= 15 is 0 Å². The lowest BCUT2D eigenvalue weighted by molar-refractivity contribution is 0.0947. The van der Waals surface area contributed by atoms with Crippen LogP contribution in [0.25, 0.3) is 0 Å². The molecule has 0 aliphatic carbocycles. The molecule has 2 rings (SSSR count). The van der Waals surface area contributed by atoms with E-state index < -0.39 is 11.7 Å². The Morgan fingerprint density at radius 2 is 2.00 bits per heavy atom. The Bertz CT molecular complexity index is 686. The molecule has 0 radical (unpaired) electrons. The normalized spacial score (nSPS) is 11.2. The van der Waals surface area contributed by atoms with Crippen LogP contribution < -0.4 is 11.1 Å². The summed E-state index contributed by atoms with van der Waals surface area (Å²) in [5.41, 5.74) is 6.77. The zero-order valence-electron chi connectivity index (χ0n) is 11.1. The molecule has 0 atom stereocenters. The molecule has 108 valence electrons. The SMILES string of the molecule is NC(=NO)c1cccc(CNC(=O)c2ccccc2F)c1. The number of carbonyl (C=O) groups is 1. The lowest BCUT2D eigenvalue weighted by Crippen LogP contribution is -2.24. The van der Waals surface area contributed by atoms with E-state index in [1.807, 2.05) is 0 Å². The molecule has 0 unspecified atom stereocenters. The molecule has 0 saturated carbocycles. The van der Waals surface area contributed by atoms with E-state index in [1.54, 1.807) is 30.3 Å². The Morgan fingerprint density at radius 1 is 1.24 bits per heavy atom. The fraction of sp³-hybridized carbons (Fsp3) is 0.0667. The number of oxime groups is 1. The molecule has 2 aromatic carbocycles. The molecular weight excluding hydrogens is 273 g/mol. The number of hydrogen-bond donors (Lipinski definition) is 3. The van der Waals surface area contributed by atoms with Crippen molar-refractivity contribution in [1.82, 2.24) is 5.32 Å². The number of amidine groups is 1. The number of nitrogens with one attached hydrogen (secondary N) is 1. The molecule has 0 fully saturated rings. The zero-order chi connectivity index (χ0) is 15.2. The van der Waals surface area contributed by atoms with Gasteiger partial charge in [-0.2, -0.15) is 0 Å². The van der Waals surface area contributed by atoms with Crippen molar-refractivity contribution in [2.75, 3.05) is 0 Å². The molecule has 21 heavy (non-hydrogen) atoms. The third kappa shape index (κ3) is 3.56. The highest BCUT2D eigenvalue weighted by molar-refractivity contribution is 5.97. The summed E-state index contributed by atoms with van der Waals surface area (Å²) in [4.78, 5) is 11.9. The van der Waals surface area contributed by atoms with Crippen molar-refractivity contribution in [3.05, 3.63) is 71.0 Å². The van der Waals surface area contributed by atoms with Gasteiger partial charge in [-0.1, -0.05) is 35.5 Å². The quantitative estimate of drug-likeness (QED) is 0.347. The number of rotatable bonds is 4. The van der Waals surface area contributed by atoms with Gasteiger partial charge in [0.05, 0.1) is 5.56 Å². The maximum absolute atomic E-state index is 13.5. The zero-order valence-corrected chi connectivity index (χ0v) is 11.1. The number of nitrogens with two attached hydrogens (primary N) is 1. The van der Waals surface area contributed by atoms with E-state index in [9.17, 15) is 9.18 Å². The molecule has 0 aliphatic heterocycles. The van der Waals surface area contributed by atoms with Crippen LogP contribution in [0, 0.1) is 5.82 Å². The molecule has 0 aromatic heterocycles. The average molecular weight is 287 g/mol. The average Bonchev–Trinajstić information content (AvgIpc) is 2.52. The minimum absolute atomic E-state index is 0.00918. The summed E-state index contributed by atoms with van der Waals surface area (Å²) in [6.45, 7) is 0.208. The first kappa shape index (κ1) is 14.5. The van der Waals surface area contributed by atoms with E-state index in [2.05, 4.69) is 10.5 Å². The van der Waals surface area contributed by atoms with Gasteiger partial charge in [-0.15, -0.1) is 0 Å². The number of carbonyl (C=O) groups excluding carboxylic acids is 1. The summed E-state index contributed by atoms with van der Waals surface area (Å²) >= 11 is 0. The maximum atomic E-state index is 13.5. The highest BCUT2D eigenvalue weighted by atomic mass is 19.1. The molecule has 4 N–H and O–H groups in total. The van der Waals surface area contributed by atoms with Crippen molar-refractivity contribution in [3.63, 3.8) is 0 Å². The van der Waals surface area contributed by atoms with Crippen LogP contribution in [-0.2, 0) is 6.54 Å². The third-order valence-electron chi connectivity index (χ3n) is 2.90. The first-order valence-corrected chi connectivity index (χ1v) is 6.21. The highest BCUT2D eigenvalue weighted by Crippen LogP contribution is 2.08. The molecule has 0 saturated heterocycles. The fourth-order valence-electron chi connectivity index (χ4n) is 1.82. The van der Waals surface area contributed by atoms with Crippen molar-refractivity contribution in [2.24, 2.45) is 10.9 Å². The Labute approximate surface area is 120 Å². The van der Waals surface area contributed by atoms with Crippen LogP contribution >= 0.6 is 0 Å². The minimum Gasteiger partial charge on any atom is -0.409 e. The minimum atomic E-state index is -0.569. The maximum Gasteiger partial charge on any atom is 0.254 e. The lowest BCUT2D eigenvalue weighted by Gasteiger charge is -2.07. The van der Waals surface area contributed by atoms with Crippen LogP contribution in [0.1, 0.15) is 21.5 Å².